The van der Waals surface area contributed by atoms with E-state index in [0.29, 0.717) is 24.5 Å². The van der Waals surface area contributed by atoms with E-state index in [2.05, 4.69) is 15.2 Å². The Bertz CT molecular complexity index is 860. The van der Waals surface area contributed by atoms with Gasteiger partial charge in [-0.1, -0.05) is 6.07 Å². The first-order chi connectivity index (χ1) is 12.2. The maximum atomic E-state index is 12.6. The number of ether oxygens (including phenoxy) is 1. The number of hydrogen-bond acceptors (Lipinski definition) is 6. The van der Waals surface area contributed by atoms with Gasteiger partial charge in [-0.3, -0.25) is 4.79 Å². The summed E-state index contributed by atoms with van der Waals surface area (Å²) in [6.07, 6.45) is 4.63. The lowest BCUT2D eigenvalue weighted by molar-refractivity contribution is 0.0634. The molecule has 0 saturated carbocycles. The monoisotopic (exact) mass is 339 g/mol. The third-order valence-corrected chi connectivity index (χ3v) is 4.28. The molecule has 8 nitrogen and oxygen atoms in total. The van der Waals surface area contributed by atoms with Gasteiger partial charge in [0.2, 0.25) is 5.88 Å². The Morgan fingerprint density at radius 1 is 1.32 bits per heavy atom. The van der Waals surface area contributed by atoms with Gasteiger partial charge in [0.1, 0.15) is 12.9 Å². The minimum absolute atomic E-state index is 0.0678. The van der Waals surface area contributed by atoms with Crippen molar-refractivity contribution in [2.75, 3.05) is 6.54 Å². The second-order valence-corrected chi connectivity index (χ2v) is 5.77. The molecular formula is C17H17N5O3. The molecule has 0 bridgehead atoms. The molecule has 1 atom stereocenters. The minimum Gasteiger partial charge on any atom is -0.472 e. The van der Waals surface area contributed by atoms with Gasteiger partial charge < -0.3 is 18.6 Å². The van der Waals surface area contributed by atoms with Gasteiger partial charge in [-0.2, -0.15) is 0 Å². The van der Waals surface area contributed by atoms with Gasteiger partial charge in [0.05, 0.1) is 17.9 Å². The highest BCUT2D eigenvalue weighted by molar-refractivity contribution is 5.94. The van der Waals surface area contributed by atoms with Crippen LogP contribution in [0.25, 0.3) is 0 Å². The molecule has 0 aliphatic carbocycles. The van der Waals surface area contributed by atoms with E-state index >= 15 is 0 Å². The van der Waals surface area contributed by atoms with Crippen molar-refractivity contribution in [1.82, 2.24) is 24.6 Å². The van der Waals surface area contributed by atoms with E-state index in [4.69, 9.17) is 9.15 Å². The van der Waals surface area contributed by atoms with E-state index in [1.165, 1.54) is 12.5 Å². The highest BCUT2D eigenvalue weighted by atomic mass is 16.5. The number of pyridine rings is 1. The van der Waals surface area contributed by atoms with Crippen molar-refractivity contribution in [3.05, 3.63) is 60.2 Å². The molecule has 128 valence electrons. The standard InChI is InChI=1S/C17H17N5O3/c1-12-16-20-19-14(11-25-15-4-2-3-6-18-15)22(16)8-7-21(12)17(23)13-5-9-24-10-13/h2-6,9-10,12H,7-8,11H2,1H3. The van der Waals surface area contributed by atoms with Crippen LogP contribution in [0.15, 0.2) is 47.4 Å². The zero-order valence-corrected chi connectivity index (χ0v) is 13.7. The van der Waals surface area contributed by atoms with E-state index < -0.39 is 0 Å². The lowest BCUT2D eigenvalue weighted by Crippen LogP contribution is -2.41. The van der Waals surface area contributed by atoms with Crippen LogP contribution in [-0.2, 0) is 13.2 Å². The number of carbonyl (C=O) groups excluding carboxylic acids is 1. The molecule has 8 heteroatoms. The lowest BCUT2D eigenvalue weighted by atomic mass is 10.1. The molecule has 0 fully saturated rings. The van der Waals surface area contributed by atoms with Gasteiger partial charge >= 0.3 is 0 Å². The van der Waals surface area contributed by atoms with Gasteiger partial charge in [-0.25, -0.2) is 4.98 Å². The molecule has 0 aromatic carbocycles. The van der Waals surface area contributed by atoms with Crippen molar-refractivity contribution >= 4 is 5.91 Å². The Hall–Kier alpha value is -3.16. The SMILES string of the molecule is CC1c2nnc(COc3ccccn3)n2CCN1C(=O)c1ccoc1. The Labute approximate surface area is 144 Å². The van der Waals surface area contributed by atoms with Gasteiger partial charge in [0.25, 0.3) is 5.91 Å². The zero-order chi connectivity index (χ0) is 17.2. The topological polar surface area (TPSA) is 86.3 Å². The van der Waals surface area contributed by atoms with Crippen LogP contribution in [0.2, 0.25) is 0 Å². The first kappa shape index (κ1) is 15.4. The van der Waals surface area contributed by atoms with E-state index in [1.807, 2.05) is 23.6 Å². The molecule has 3 aromatic rings. The van der Waals surface area contributed by atoms with E-state index in [9.17, 15) is 4.79 Å². The summed E-state index contributed by atoms with van der Waals surface area (Å²) in [5.74, 6) is 1.95. The molecule has 0 N–H and O–H groups in total. The third-order valence-electron chi connectivity index (χ3n) is 4.28. The Morgan fingerprint density at radius 3 is 3.00 bits per heavy atom. The van der Waals surface area contributed by atoms with Gasteiger partial charge in [-0.05, 0) is 19.1 Å². The van der Waals surface area contributed by atoms with Gasteiger partial charge in [0.15, 0.2) is 11.6 Å². The molecule has 1 aliphatic rings. The Balaban J connectivity index is 1.50. The van der Waals surface area contributed by atoms with Crippen molar-refractivity contribution in [2.24, 2.45) is 0 Å². The van der Waals surface area contributed by atoms with Crippen LogP contribution in [0.5, 0.6) is 5.88 Å². The molecular weight excluding hydrogens is 322 g/mol. The van der Waals surface area contributed by atoms with Crippen molar-refractivity contribution in [1.29, 1.82) is 0 Å². The average Bonchev–Trinajstić information content (AvgIpc) is 3.31. The highest BCUT2D eigenvalue weighted by Crippen LogP contribution is 2.26. The summed E-state index contributed by atoms with van der Waals surface area (Å²) in [5, 5.41) is 8.48. The summed E-state index contributed by atoms with van der Waals surface area (Å²) < 4.78 is 12.7. The number of amides is 1. The van der Waals surface area contributed by atoms with E-state index in [1.54, 1.807) is 23.2 Å². The Kier molecular flexibility index (Phi) is 3.93. The maximum absolute atomic E-state index is 12.6. The Morgan fingerprint density at radius 2 is 2.24 bits per heavy atom. The summed E-state index contributed by atoms with van der Waals surface area (Å²) in [5.41, 5.74) is 0.540. The second-order valence-electron chi connectivity index (χ2n) is 5.77. The van der Waals surface area contributed by atoms with Crippen molar-refractivity contribution in [2.45, 2.75) is 26.1 Å². The van der Waals surface area contributed by atoms with Crippen molar-refractivity contribution in [3.63, 3.8) is 0 Å². The molecule has 25 heavy (non-hydrogen) atoms. The van der Waals surface area contributed by atoms with Crippen molar-refractivity contribution in [3.8, 4) is 5.88 Å². The summed E-state index contributed by atoms with van der Waals surface area (Å²) in [4.78, 5) is 18.5. The molecule has 4 rings (SSSR count). The summed E-state index contributed by atoms with van der Waals surface area (Å²) in [6, 6.07) is 6.98. The maximum Gasteiger partial charge on any atom is 0.257 e. The number of furan rings is 1. The fraction of sp³-hybridized carbons (Fsp3) is 0.294. The quantitative estimate of drug-likeness (QED) is 0.723. The molecule has 1 aliphatic heterocycles. The number of fused-ring (bicyclic) bond motifs is 1. The average molecular weight is 339 g/mol. The molecule has 0 saturated heterocycles. The van der Waals surface area contributed by atoms with Crippen LogP contribution >= 0.6 is 0 Å². The first-order valence-corrected chi connectivity index (χ1v) is 8.03. The summed E-state index contributed by atoms with van der Waals surface area (Å²) in [6.45, 7) is 3.43. The largest absolute Gasteiger partial charge is 0.472 e. The normalized spacial score (nSPS) is 16.5. The number of nitrogens with zero attached hydrogens (tertiary/aromatic N) is 5. The van der Waals surface area contributed by atoms with Crippen LogP contribution in [0.4, 0.5) is 0 Å². The first-order valence-electron chi connectivity index (χ1n) is 8.03. The van der Waals surface area contributed by atoms with Crippen LogP contribution in [0.3, 0.4) is 0 Å². The van der Waals surface area contributed by atoms with Crippen LogP contribution in [-0.4, -0.2) is 37.1 Å². The predicted octanol–water partition coefficient (Wildman–Crippen LogP) is 2.06. The van der Waals surface area contributed by atoms with Crippen LogP contribution in [0, 0.1) is 0 Å². The number of hydrogen-bond donors (Lipinski definition) is 0. The smallest absolute Gasteiger partial charge is 0.257 e. The van der Waals surface area contributed by atoms with E-state index in [0.717, 1.165) is 11.6 Å². The number of rotatable bonds is 4. The summed E-state index contributed by atoms with van der Waals surface area (Å²) in [7, 11) is 0. The number of carbonyl (C=O) groups is 1. The fourth-order valence-electron chi connectivity index (χ4n) is 2.95. The summed E-state index contributed by atoms with van der Waals surface area (Å²) >= 11 is 0. The minimum atomic E-state index is -0.174. The highest BCUT2D eigenvalue weighted by Gasteiger charge is 2.32. The van der Waals surface area contributed by atoms with Crippen LogP contribution < -0.4 is 4.74 Å². The third kappa shape index (κ3) is 2.86. The zero-order valence-electron chi connectivity index (χ0n) is 13.7. The molecule has 1 unspecified atom stereocenters. The van der Waals surface area contributed by atoms with E-state index in [-0.39, 0.29) is 18.6 Å². The van der Waals surface area contributed by atoms with Gasteiger partial charge in [0, 0.05) is 25.4 Å². The van der Waals surface area contributed by atoms with Crippen molar-refractivity contribution < 1.29 is 13.9 Å². The molecule has 3 aromatic heterocycles. The fourth-order valence-corrected chi connectivity index (χ4v) is 2.95. The number of aromatic nitrogens is 4. The molecule has 0 radical (unpaired) electrons. The van der Waals surface area contributed by atoms with Gasteiger partial charge in [-0.15, -0.1) is 10.2 Å². The molecule has 0 spiro atoms. The second kappa shape index (κ2) is 6.39. The molecule has 1 amide bonds. The predicted molar refractivity (Wildman–Crippen MR) is 86.8 cm³/mol. The lowest BCUT2D eigenvalue weighted by Gasteiger charge is -2.33. The van der Waals surface area contributed by atoms with Crippen LogP contribution in [0.1, 0.15) is 35.0 Å². The molecule has 4 heterocycles.